The molecule has 1 aromatic carbocycles. The van der Waals surface area contributed by atoms with E-state index in [1.54, 1.807) is 0 Å². The summed E-state index contributed by atoms with van der Waals surface area (Å²) in [6.07, 6.45) is 1.27. The molecule has 1 saturated carbocycles. The summed E-state index contributed by atoms with van der Waals surface area (Å²) in [5, 5.41) is 9.29. The second-order valence-corrected chi connectivity index (χ2v) is 6.03. The third kappa shape index (κ3) is 2.56. The van der Waals surface area contributed by atoms with Gasteiger partial charge in [0.05, 0.1) is 23.6 Å². The van der Waals surface area contributed by atoms with E-state index in [1.807, 2.05) is 0 Å². The highest BCUT2D eigenvalue weighted by molar-refractivity contribution is 7.93. The predicted octanol–water partition coefficient (Wildman–Crippen LogP) is 1.08. The SMILES string of the molecule is COC(=O)c1ccc(NS(=O)(=O)C2CC2)c(O)c1. The highest BCUT2D eigenvalue weighted by atomic mass is 32.2. The molecule has 0 atom stereocenters. The largest absolute Gasteiger partial charge is 0.506 e. The first-order valence-corrected chi connectivity index (χ1v) is 6.91. The summed E-state index contributed by atoms with van der Waals surface area (Å²) < 4.78 is 30.1. The van der Waals surface area contributed by atoms with Gasteiger partial charge in [0.2, 0.25) is 10.0 Å². The Balaban J connectivity index is 2.22. The maximum Gasteiger partial charge on any atom is 0.337 e. The van der Waals surface area contributed by atoms with Gasteiger partial charge in [0.1, 0.15) is 5.75 Å². The number of carbonyl (C=O) groups is 1. The van der Waals surface area contributed by atoms with Crippen LogP contribution in [0.25, 0.3) is 0 Å². The zero-order valence-corrected chi connectivity index (χ0v) is 10.5. The van der Waals surface area contributed by atoms with Crippen LogP contribution in [0, 0.1) is 0 Å². The Labute approximate surface area is 105 Å². The van der Waals surface area contributed by atoms with Crippen molar-refractivity contribution in [2.45, 2.75) is 18.1 Å². The highest BCUT2D eigenvalue weighted by Gasteiger charge is 2.36. The zero-order chi connectivity index (χ0) is 13.3. The summed E-state index contributed by atoms with van der Waals surface area (Å²) in [7, 11) is -2.20. The number of aromatic hydroxyl groups is 1. The number of carbonyl (C=O) groups excluding carboxylic acids is 1. The Morgan fingerprint density at radius 2 is 2.11 bits per heavy atom. The summed E-state index contributed by atoms with van der Waals surface area (Å²) in [6.45, 7) is 0. The number of hydrogen-bond donors (Lipinski definition) is 2. The van der Waals surface area contributed by atoms with Crippen molar-refractivity contribution in [2.24, 2.45) is 0 Å². The van der Waals surface area contributed by atoms with Crippen LogP contribution in [0.2, 0.25) is 0 Å². The van der Waals surface area contributed by atoms with Gasteiger partial charge in [0, 0.05) is 0 Å². The average Bonchev–Trinajstić information content (AvgIpc) is 3.14. The third-order valence-corrected chi connectivity index (χ3v) is 4.49. The lowest BCUT2D eigenvalue weighted by Gasteiger charge is -2.09. The second kappa shape index (κ2) is 4.49. The number of phenolic OH excluding ortho intramolecular Hbond substituents is 1. The van der Waals surface area contributed by atoms with Crippen LogP contribution in [0.15, 0.2) is 18.2 Å². The Bertz CT molecular complexity index is 577. The lowest BCUT2D eigenvalue weighted by Crippen LogP contribution is -2.17. The normalized spacial score (nSPS) is 15.2. The molecule has 1 aliphatic carbocycles. The molecule has 0 unspecified atom stereocenters. The van der Waals surface area contributed by atoms with E-state index in [-0.39, 0.29) is 22.3 Å². The topological polar surface area (TPSA) is 92.7 Å². The minimum atomic E-state index is -3.43. The average molecular weight is 271 g/mol. The minimum Gasteiger partial charge on any atom is -0.506 e. The Kier molecular flexibility index (Phi) is 3.16. The summed E-state index contributed by atoms with van der Waals surface area (Å²) in [5.41, 5.74) is 0.221. The van der Waals surface area contributed by atoms with Gasteiger partial charge in [-0.15, -0.1) is 0 Å². The fourth-order valence-electron chi connectivity index (χ4n) is 1.48. The first-order chi connectivity index (χ1) is 8.44. The van der Waals surface area contributed by atoms with Crippen LogP contribution in [0.3, 0.4) is 0 Å². The van der Waals surface area contributed by atoms with Crippen molar-refractivity contribution in [1.29, 1.82) is 0 Å². The first-order valence-electron chi connectivity index (χ1n) is 5.37. The summed E-state index contributed by atoms with van der Waals surface area (Å²) in [5.74, 6) is -0.899. The van der Waals surface area contributed by atoms with E-state index >= 15 is 0 Å². The molecular weight excluding hydrogens is 258 g/mol. The number of methoxy groups -OCH3 is 1. The summed E-state index contributed by atoms with van der Waals surface area (Å²) >= 11 is 0. The first kappa shape index (κ1) is 12.7. The van der Waals surface area contributed by atoms with Gasteiger partial charge in [-0.1, -0.05) is 0 Å². The molecule has 0 amide bonds. The smallest absolute Gasteiger partial charge is 0.337 e. The van der Waals surface area contributed by atoms with Crippen molar-refractivity contribution < 1.29 is 23.1 Å². The molecule has 0 radical (unpaired) electrons. The summed E-state index contributed by atoms with van der Waals surface area (Å²) in [4.78, 5) is 11.2. The van der Waals surface area contributed by atoms with Crippen LogP contribution in [0.5, 0.6) is 5.75 Å². The van der Waals surface area contributed by atoms with Crippen LogP contribution in [-0.4, -0.2) is 31.9 Å². The van der Waals surface area contributed by atoms with Crippen LogP contribution in [-0.2, 0) is 14.8 Å². The fourth-order valence-corrected chi connectivity index (χ4v) is 2.88. The van der Waals surface area contributed by atoms with Crippen molar-refractivity contribution in [3.05, 3.63) is 23.8 Å². The Hall–Kier alpha value is -1.76. The van der Waals surface area contributed by atoms with Crippen molar-refractivity contribution in [3.8, 4) is 5.75 Å². The molecular formula is C11H13NO5S. The minimum absolute atomic E-state index is 0.0644. The molecule has 6 nitrogen and oxygen atoms in total. The van der Waals surface area contributed by atoms with Gasteiger partial charge in [-0.2, -0.15) is 0 Å². The lowest BCUT2D eigenvalue weighted by molar-refractivity contribution is 0.0600. The van der Waals surface area contributed by atoms with E-state index < -0.39 is 16.0 Å². The standard InChI is InChI=1S/C11H13NO5S/c1-17-11(14)7-2-5-9(10(13)6-7)12-18(15,16)8-3-4-8/h2,5-6,8,12-13H,3-4H2,1H3. The molecule has 0 aliphatic heterocycles. The van der Waals surface area contributed by atoms with Crippen molar-refractivity contribution in [1.82, 2.24) is 0 Å². The van der Waals surface area contributed by atoms with Gasteiger partial charge in [0.25, 0.3) is 0 Å². The maximum absolute atomic E-state index is 11.7. The van der Waals surface area contributed by atoms with E-state index in [9.17, 15) is 18.3 Å². The van der Waals surface area contributed by atoms with Gasteiger partial charge < -0.3 is 9.84 Å². The Morgan fingerprint density at radius 3 is 2.61 bits per heavy atom. The molecule has 98 valence electrons. The number of ether oxygens (including phenoxy) is 1. The highest BCUT2D eigenvalue weighted by Crippen LogP contribution is 2.32. The van der Waals surface area contributed by atoms with E-state index in [4.69, 9.17) is 0 Å². The second-order valence-electron chi connectivity index (χ2n) is 4.07. The van der Waals surface area contributed by atoms with Gasteiger partial charge in [-0.25, -0.2) is 13.2 Å². The molecule has 0 bridgehead atoms. The quantitative estimate of drug-likeness (QED) is 0.631. The maximum atomic E-state index is 11.7. The molecule has 1 aliphatic rings. The molecule has 7 heteroatoms. The lowest BCUT2D eigenvalue weighted by atomic mass is 10.2. The zero-order valence-electron chi connectivity index (χ0n) is 9.71. The summed E-state index contributed by atoms with van der Waals surface area (Å²) in [6, 6.07) is 3.88. The number of sulfonamides is 1. The molecule has 18 heavy (non-hydrogen) atoms. The van der Waals surface area contributed by atoms with Crippen LogP contribution in [0.4, 0.5) is 5.69 Å². The molecule has 0 saturated heterocycles. The van der Waals surface area contributed by atoms with Gasteiger partial charge in [0.15, 0.2) is 0 Å². The van der Waals surface area contributed by atoms with E-state index in [0.717, 1.165) is 6.07 Å². The van der Waals surface area contributed by atoms with Gasteiger partial charge in [-0.05, 0) is 31.0 Å². The molecule has 2 N–H and O–H groups in total. The Morgan fingerprint density at radius 1 is 1.44 bits per heavy atom. The van der Waals surface area contributed by atoms with Crippen molar-refractivity contribution in [3.63, 3.8) is 0 Å². The van der Waals surface area contributed by atoms with Crippen molar-refractivity contribution >= 4 is 21.7 Å². The predicted molar refractivity (Wildman–Crippen MR) is 65.0 cm³/mol. The molecule has 0 heterocycles. The van der Waals surface area contributed by atoms with Crippen molar-refractivity contribution in [2.75, 3.05) is 11.8 Å². The molecule has 1 aromatic rings. The fraction of sp³-hybridized carbons (Fsp3) is 0.364. The number of hydrogen-bond acceptors (Lipinski definition) is 5. The number of rotatable bonds is 4. The third-order valence-electron chi connectivity index (χ3n) is 2.63. The number of benzene rings is 1. The molecule has 0 spiro atoms. The van der Waals surface area contributed by atoms with E-state index in [1.165, 1.54) is 19.2 Å². The van der Waals surface area contributed by atoms with Gasteiger partial charge in [-0.3, -0.25) is 4.72 Å². The number of nitrogens with one attached hydrogen (secondary N) is 1. The van der Waals surface area contributed by atoms with Crippen LogP contribution >= 0.6 is 0 Å². The van der Waals surface area contributed by atoms with E-state index in [2.05, 4.69) is 9.46 Å². The molecule has 1 fully saturated rings. The number of anilines is 1. The number of phenols is 1. The van der Waals surface area contributed by atoms with E-state index in [0.29, 0.717) is 12.8 Å². The molecule has 0 aromatic heterocycles. The molecule has 2 rings (SSSR count). The van der Waals surface area contributed by atoms with Crippen LogP contribution in [0.1, 0.15) is 23.2 Å². The van der Waals surface area contributed by atoms with Crippen LogP contribution < -0.4 is 4.72 Å². The van der Waals surface area contributed by atoms with Gasteiger partial charge >= 0.3 is 5.97 Å². The monoisotopic (exact) mass is 271 g/mol. The number of esters is 1.